The van der Waals surface area contributed by atoms with Crippen molar-refractivity contribution < 1.29 is 18.3 Å². The predicted octanol–water partition coefficient (Wildman–Crippen LogP) is 0.465. The Balaban J connectivity index is 2.97. The molecule has 0 fully saturated rings. The Morgan fingerprint density at radius 1 is 1.53 bits per heavy atom. The lowest BCUT2D eigenvalue weighted by molar-refractivity contribution is -0.138. The number of carboxylic acid groups (broad SMARTS) is 1. The zero-order chi connectivity index (χ0) is 13.1. The molecule has 5 nitrogen and oxygen atoms in total. The molecule has 2 N–H and O–H groups in total. The molecule has 0 amide bonds. The number of carboxylic acids is 1. The van der Waals surface area contributed by atoms with Crippen molar-refractivity contribution in [3.63, 3.8) is 0 Å². The molecular formula is C10H14NO4PS. The van der Waals surface area contributed by atoms with Crippen LogP contribution in [-0.2, 0) is 21.1 Å². The maximum atomic E-state index is 11.3. The van der Waals surface area contributed by atoms with E-state index < -0.39 is 21.8 Å². The Morgan fingerprint density at radius 2 is 2.18 bits per heavy atom. The normalized spacial score (nSPS) is 13.3. The highest BCUT2D eigenvalue weighted by Crippen LogP contribution is 2.13. The van der Waals surface area contributed by atoms with Crippen LogP contribution < -0.4 is 5.09 Å². The van der Waals surface area contributed by atoms with Gasteiger partial charge in [-0.25, -0.2) is 8.42 Å². The Hall–Kier alpha value is -0.970. The van der Waals surface area contributed by atoms with Crippen LogP contribution in [-0.4, -0.2) is 31.8 Å². The highest BCUT2D eigenvalue weighted by atomic mass is 32.2. The number of benzene rings is 1. The highest BCUT2D eigenvalue weighted by Gasteiger charge is 2.16. The molecule has 0 spiro atoms. The molecule has 7 heteroatoms. The molecule has 17 heavy (non-hydrogen) atoms. The second-order valence-electron chi connectivity index (χ2n) is 3.68. The summed E-state index contributed by atoms with van der Waals surface area (Å²) in [5.41, 5.74) is 0.662. The Kier molecular flexibility index (Phi) is 4.62. The van der Waals surface area contributed by atoms with Crippen LogP contribution in [0.25, 0.3) is 0 Å². The van der Waals surface area contributed by atoms with Crippen LogP contribution >= 0.6 is 9.39 Å². The number of aliphatic carboxylic acids is 1. The summed E-state index contributed by atoms with van der Waals surface area (Å²) in [6.07, 6.45) is 1.34. The third-order valence-corrected chi connectivity index (χ3v) is 3.78. The molecule has 94 valence electrons. The number of rotatable bonds is 5. The van der Waals surface area contributed by atoms with Crippen LogP contribution in [0.3, 0.4) is 0 Å². The van der Waals surface area contributed by atoms with Crippen molar-refractivity contribution in [2.75, 3.05) is 6.26 Å². The Morgan fingerprint density at radius 3 is 2.65 bits per heavy atom. The van der Waals surface area contributed by atoms with E-state index in [4.69, 9.17) is 5.11 Å². The van der Waals surface area contributed by atoms with Crippen LogP contribution in [0.2, 0.25) is 0 Å². The molecule has 1 aromatic carbocycles. The first-order chi connectivity index (χ1) is 7.84. The smallest absolute Gasteiger partial charge is 0.321 e. The van der Waals surface area contributed by atoms with Gasteiger partial charge < -0.3 is 5.11 Å². The van der Waals surface area contributed by atoms with E-state index in [1.807, 2.05) is 0 Å². The predicted molar refractivity (Wildman–Crippen MR) is 67.5 cm³/mol. The molecule has 1 rings (SSSR count). The monoisotopic (exact) mass is 275 g/mol. The second kappa shape index (κ2) is 5.58. The largest absolute Gasteiger partial charge is 0.480 e. The van der Waals surface area contributed by atoms with Crippen molar-refractivity contribution in [2.45, 2.75) is 17.4 Å². The van der Waals surface area contributed by atoms with E-state index in [9.17, 15) is 13.2 Å². The molecule has 0 saturated heterocycles. The van der Waals surface area contributed by atoms with Crippen molar-refractivity contribution >= 4 is 25.2 Å². The SMILES string of the molecule is CS(=O)(=O)c1cccc(C[C@H](NP)C(=O)O)c1. The van der Waals surface area contributed by atoms with Gasteiger partial charge in [-0.15, -0.1) is 0 Å². The van der Waals surface area contributed by atoms with Gasteiger partial charge >= 0.3 is 5.97 Å². The minimum atomic E-state index is -3.26. The van der Waals surface area contributed by atoms with E-state index in [-0.39, 0.29) is 11.3 Å². The van der Waals surface area contributed by atoms with Crippen molar-refractivity contribution in [1.29, 1.82) is 0 Å². The molecule has 0 aromatic heterocycles. The minimum Gasteiger partial charge on any atom is -0.480 e. The van der Waals surface area contributed by atoms with E-state index in [0.29, 0.717) is 5.56 Å². The lowest BCUT2D eigenvalue weighted by Gasteiger charge is -2.11. The number of sulfone groups is 1. The third-order valence-electron chi connectivity index (χ3n) is 2.27. The van der Waals surface area contributed by atoms with Crippen LogP contribution in [0.15, 0.2) is 29.2 Å². The fourth-order valence-electron chi connectivity index (χ4n) is 1.36. The molecule has 0 bridgehead atoms. The lowest BCUT2D eigenvalue weighted by atomic mass is 10.1. The average molecular weight is 275 g/mol. The van der Waals surface area contributed by atoms with E-state index in [2.05, 4.69) is 14.5 Å². The van der Waals surface area contributed by atoms with Crippen molar-refractivity contribution in [3.05, 3.63) is 29.8 Å². The van der Waals surface area contributed by atoms with Gasteiger partial charge in [0.2, 0.25) is 0 Å². The number of hydrogen-bond donors (Lipinski definition) is 2. The van der Waals surface area contributed by atoms with E-state index in [0.717, 1.165) is 6.26 Å². The van der Waals surface area contributed by atoms with E-state index >= 15 is 0 Å². The van der Waals surface area contributed by atoms with Gasteiger partial charge in [-0.3, -0.25) is 9.88 Å². The molecule has 1 aromatic rings. The van der Waals surface area contributed by atoms with Gasteiger partial charge in [-0.1, -0.05) is 21.5 Å². The zero-order valence-electron chi connectivity index (χ0n) is 9.25. The lowest BCUT2D eigenvalue weighted by Crippen LogP contribution is -2.32. The van der Waals surface area contributed by atoms with Crippen LogP contribution in [0, 0.1) is 0 Å². The molecule has 0 aliphatic carbocycles. The molecule has 0 aliphatic heterocycles. The van der Waals surface area contributed by atoms with Gasteiger partial charge in [0.1, 0.15) is 6.04 Å². The molecular weight excluding hydrogens is 261 g/mol. The standard InChI is InChI=1S/C10H14NO4PS/c1-17(14,15)8-4-2-3-7(5-8)6-9(11-16)10(12)13/h2-5,9,11H,6,16H2,1H3,(H,12,13)/t9-/m0/s1. The van der Waals surface area contributed by atoms with Crippen molar-refractivity contribution in [1.82, 2.24) is 5.09 Å². The first-order valence-corrected chi connectivity index (χ1v) is 7.29. The maximum Gasteiger partial charge on any atom is 0.321 e. The quantitative estimate of drug-likeness (QED) is 0.763. The molecule has 0 radical (unpaired) electrons. The number of nitrogens with one attached hydrogen (secondary N) is 1. The summed E-state index contributed by atoms with van der Waals surface area (Å²) in [5, 5.41) is 11.4. The number of hydrogen-bond acceptors (Lipinski definition) is 4. The van der Waals surface area contributed by atoms with E-state index in [1.165, 1.54) is 12.1 Å². The van der Waals surface area contributed by atoms with Gasteiger partial charge in [0, 0.05) is 6.26 Å². The Labute approximate surface area is 102 Å². The summed E-state index contributed by atoms with van der Waals surface area (Å²) in [6, 6.07) is 5.53. The number of carbonyl (C=O) groups is 1. The Bertz CT molecular complexity index is 515. The first kappa shape index (κ1) is 14.1. The summed E-state index contributed by atoms with van der Waals surface area (Å²) in [5.74, 6) is -0.982. The maximum absolute atomic E-state index is 11.3. The summed E-state index contributed by atoms with van der Waals surface area (Å²) < 4.78 is 22.7. The zero-order valence-corrected chi connectivity index (χ0v) is 11.2. The third kappa shape index (κ3) is 4.07. The summed E-state index contributed by atoms with van der Waals surface area (Å²) >= 11 is 0. The second-order valence-corrected chi connectivity index (χ2v) is 6.03. The van der Waals surface area contributed by atoms with Crippen LogP contribution in [0.5, 0.6) is 0 Å². The average Bonchev–Trinajstić information content (AvgIpc) is 2.24. The fraction of sp³-hybridized carbons (Fsp3) is 0.300. The summed E-state index contributed by atoms with van der Waals surface area (Å²) in [6.45, 7) is 0. The van der Waals surface area contributed by atoms with Gasteiger partial charge in [0.15, 0.2) is 9.84 Å². The summed E-state index contributed by atoms with van der Waals surface area (Å²) in [7, 11) is -1.12. The summed E-state index contributed by atoms with van der Waals surface area (Å²) in [4.78, 5) is 11.0. The molecule has 2 atom stereocenters. The van der Waals surface area contributed by atoms with Crippen molar-refractivity contribution in [3.8, 4) is 0 Å². The topological polar surface area (TPSA) is 83.5 Å². The molecule has 0 saturated carbocycles. The van der Waals surface area contributed by atoms with Crippen molar-refractivity contribution in [2.24, 2.45) is 0 Å². The molecule has 1 unspecified atom stereocenters. The highest BCUT2D eigenvalue weighted by molar-refractivity contribution is 7.90. The van der Waals surface area contributed by atoms with E-state index in [1.54, 1.807) is 12.1 Å². The minimum absolute atomic E-state index is 0.197. The van der Waals surface area contributed by atoms with Crippen LogP contribution in [0.1, 0.15) is 5.56 Å². The van der Waals surface area contributed by atoms with Crippen LogP contribution in [0.4, 0.5) is 0 Å². The fourth-order valence-corrected chi connectivity index (χ4v) is 2.31. The molecule has 0 heterocycles. The first-order valence-electron chi connectivity index (χ1n) is 4.82. The van der Waals surface area contributed by atoms with Gasteiger partial charge in [0.05, 0.1) is 4.90 Å². The van der Waals surface area contributed by atoms with Gasteiger partial charge in [-0.05, 0) is 24.1 Å². The molecule has 0 aliphatic rings. The van der Waals surface area contributed by atoms with Gasteiger partial charge in [-0.2, -0.15) is 0 Å². The van der Waals surface area contributed by atoms with Gasteiger partial charge in [0.25, 0.3) is 0 Å².